The number of nitrogens with two attached hydrogens (primary N) is 1. The fraction of sp³-hybridized carbons (Fsp3) is 0.600. The molecule has 0 saturated heterocycles. The van der Waals surface area contributed by atoms with Gasteiger partial charge in [-0.2, -0.15) is 0 Å². The lowest BCUT2D eigenvalue weighted by Crippen LogP contribution is -2.42. The number of rotatable bonds is 4. The van der Waals surface area contributed by atoms with Gasteiger partial charge in [0.05, 0.1) is 0 Å². The maximum absolute atomic E-state index is 13.8. The van der Waals surface area contributed by atoms with Gasteiger partial charge in [-0.3, -0.25) is 11.3 Å². The summed E-state index contributed by atoms with van der Waals surface area (Å²) in [4.78, 5) is 0. The Morgan fingerprint density at radius 3 is 2.58 bits per heavy atom. The van der Waals surface area contributed by atoms with Crippen molar-refractivity contribution in [1.29, 1.82) is 0 Å². The fourth-order valence-electron chi connectivity index (χ4n) is 3.01. The van der Waals surface area contributed by atoms with Crippen molar-refractivity contribution in [2.45, 2.75) is 51.0 Å². The van der Waals surface area contributed by atoms with Gasteiger partial charge in [-0.1, -0.05) is 41.6 Å². The number of hydrogen-bond acceptors (Lipinski definition) is 2. The van der Waals surface area contributed by atoms with Crippen molar-refractivity contribution < 1.29 is 4.39 Å². The van der Waals surface area contributed by atoms with E-state index in [9.17, 15) is 4.39 Å². The number of hydrogen-bond donors (Lipinski definition) is 2. The number of halogens is 2. The van der Waals surface area contributed by atoms with Crippen LogP contribution in [0.2, 0.25) is 0 Å². The average Bonchev–Trinajstić information content (AvgIpc) is 2.68. The molecule has 0 aromatic heterocycles. The molecule has 0 heterocycles. The fourth-order valence-corrected chi connectivity index (χ4v) is 3.42. The standard InChI is InChI=1S/C15H22BrFN2/c16-13-7-8-14(17)12(9-13)10-15(19-18)11-5-3-1-2-4-6-11/h7-9,11,15,19H,1-6,10,18H2. The zero-order valence-corrected chi connectivity index (χ0v) is 12.8. The van der Waals surface area contributed by atoms with Crippen molar-refractivity contribution in [3.05, 3.63) is 34.1 Å². The molecular weight excluding hydrogens is 307 g/mol. The summed E-state index contributed by atoms with van der Waals surface area (Å²) in [5.74, 6) is 6.13. The van der Waals surface area contributed by atoms with E-state index in [1.54, 1.807) is 6.07 Å². The van der Waals surface area contributed by atoms with Gasteiger partial charge in [0.15, 0.2) is 0 Å². The third kappa shape index (κ3) is 4.26. The van der Waals surface area contributed by atoms with Crippen molar-refractivity contribution in [3.8, 4) is 0 Å². The van der Waals surface area contributed by atoms with Gasteiger partial charge in [-0.05, 0) is 48.9 Å². The molecule has 0 spiro atoms. The molecule has 1 fully saturated rings. The van der Waals surface area contributed by atoms with Crippen molar-refractivity contribution in [2.75, 3.05) is 0 Å². The highest BCUT2D eigenvalue weighted by atomic mass is 79.9. The molecule has 1 unspecified atom stereocenters. The van der Waals surface area contributed by atoms with E-state index in [2.05, 4.69) is 21.4 Å². The van der Waals surface area contributed by atoms with Gasteiger partial charge >= 0.3 is 0 Å². The minimum absolute atomic E-state index is 0.142. The van der Waals surface area contributed by atoms with Crippen molar-refractivity contribution in [2.24, 2.45) is 11.8 Å². The van der Waals surface area contributed by atoms with Crippen LogP contribution in [0.15, 0.2) is 22.7 Å². The third-order valence-corrected chi connectivity index (χ3v) is 4.62. The Labute approximate surface area is 123 Å². The summed E-state index contributed by atoms with van der Waals surface area (Å²) >= 11 is 3.40. The van der Waals surface area contributed by atoms with E-state index in [1.165, 1.54) is 44.6 Å². The van der Waals surface area contributed by atoms with Crippen LogP contribution in [0.5, 0.6) is 0 Å². The van der Waals surface area contributed by atoms with Gasteiger partial charge in [-0.25, -0.2) is 4.39 Å². The Morgan fingerprint density at radius 2 is 1.95 bits per heavy atom. The average molecular weight is 329 g/mol. The Bertz CT molecular complexity index is 403. The third-order valence-electron chi connectivity index (χ3n) is 4.13. The van der Waals surface area contributed by atoms with Crippen molar-refractivity contribution >= 4 is 15.9 Å². The predicted octanol–water partition coefficient (Wildman–Crippen LogP) is 3.93. The molecule has 4 heteroatoms. The lowest BCUT2D eigenvalue weighted by Gasteiger charge is -2.25. The van der Waals surface area contributed by atoms with E-state index < -0.39 is 0 Å². The second-order valence-corrected chi connectivity index (χ2v) is 6.38. The first-order valence-electron chi connectivity index (χ1n) is 7.10. The summed E-state index contributed by atoms with van der Waals surface area (Å²) in [6.07, 6.45) is 8.23. The summed E-state index contributed by atoms with van der Waals surface area (Å²) in [7, 11) is 0. The molecule has 1 aromatic rings. The number of hydrazine groups is 1. The van der Waals surface area contributed by atoms with E-state index >= 15 is 0 Å². The summed E-state index contributed by atoms with van der Waals surface area (Å²) in [6, 6.07) is 5.27. The second-order valence-electron chi connectivity index (χ2n) is 5.46. The van der Waals surface area contributed by atoms with Gasteiger partial charge < -0.3 is 0 Å². The maximum Gasteiger partial charge on any atom is 0.126 e. The van der Waals surface area contributed by atoms with Crippen molar-refractivity contribution in [1.82, 2.24) is 5.43 Å². The SMILES string of the molecule is NNC(Cc1cc(Br)ccc1F)C1CCCCCC1. The predicted molar refractivity (Wildman–Crippen MR) is 80.1 cm³/mol. The van der Waals surface area contributed by atoms with Crippen LogP contribution in [-0.4, -0.2) is 6.04 Å². The van der Waals surface area contributed by atoms with Crippen LogP contribution in [0.3, 0.4) is 0 Å². The molecule has 1 aliphatic carbocycles. The maximum atomic E-state index is 13.8. The number of nitrogens with one attached hydrogen (secondary N) is 1. The number of benzene rings is 1. The second kappa shape index (κ2) is 7.36. The molecular formula is C15H22BrFN2. The Morgan fingerprint density at radius 1 is 1.26 bits per heavy atom. The topological polar surface area (TPSA) is 38.0 Å². The van der Waals surface area contributed by atoms with E-state index in [4.69, 9.17) is 5.84 Å². The molecule has 0 amide bonds. The summed E-state index contributed by atoms with van der Waals surface area (Å²) in [6.45, 7) is 0. The Hall–Kier alpha value is -0.450. The van der Waals surface area contributed by atoms with Gasteiger partial charge in [0.25, 0.3) is 0 Å². The molecule has 0 radical (unpaired) electrons. The van der Waals surface area contributed by atoms with Crippen LogP contribution in [0, 0.1) is 11.7 Å². The highest BCUT2D eigenvalue weighted by Crippen LogP contribution is 2.28. The van der Waals surface area contributed by atoms with Gasteiger partial charge in [0, 0.05) is 10.5 Å². The first kappa shape index (κ1) is 14.9. The molecule has 106 valence electrons. The lowest BCUT2D eigenvalue weighted by molar-refractivity contribution is 0.318. The van der Waals surface area contributed by atoms with Gasteiger partial charge in [0.1, 0.15) is 5.82 Å². The molecule has 3 N–H and O–H groups in total. The minimum atomic E-state index is -0.142. The molecule has 2 nitrogen and oxygen atoms in total. The van der Waals surface area contributed by atoms with Crippen LogP contribution in [0.25, 0.3) is 0 Å². The minimum Gasteiger partial charge on any atom is -0.271 e. The Kier molecular flexibility index (Phi) is 5.79. The molecule has 1 atom stereocenters. The molecule has 1 saturated carbocycles. The van der Waals surface area contributed by atoms with Crippen LogP contribution >= 0.6 is 15.9 Å². The quantitative estimate of drug-likeness (QED) is 0.499. The summed E-state index contributed by atoms with van der Waals surface area (Å²) in [5, 5.41) is 0. The van der Waals surface area contributed by atoms with E-state index in [-0.39, 0.29) is 11.9 Å². The first-order chi connectivity index (χ1) is 9.20. The molecule has 19 heavy (non-hydrogen) atoms. The summed E-state index contributed by atoms with van der Waals surface area (Å²) < 4.78 is 14.7. The first-order valence-corrected chi connectivity index (χ1v) is 7.90. The van der Waals surface area contributed by atoms with Crippen LogP contribution in [-0.2, 0) is 6.42 Å². The van der Waals surface area contributed by atoms with Crippen LogP contribution in [0.4, 0.5) is 4.39 Å². The van der Waals surface area contributed by atoms with Gasteiger partial charge in [-0.15, -0.1) is 0 Å². The zero-order valence-electron chi connectivity index (χ0n) is 11.2. The molecule has 1 aromatic carbocycles. The normalized spacial score (nSPS) is 19.1. The van der Waals surface area contributed by atoms with E-state index in [1.807, 2.05) is 6.07 Å². The molecule has 2 rings (SSSR count). The zero-order chi connectivity index (χ0) is 13.7. The van der Waals surface area contributed by atoms with Crippen molar-refractivity contribution in [3.63, 3.8) is 0 Å². The van der Waals surface area contributed by atoms with E-state index in [0.29, 0.717) is 12.3 Å². The highest BCUT2D eigenvalue weighted by Gasteiger charge is 2.23. The molecule has 0 bridgehead atoms. The summed E-state index contributed by atoms with van der Waals surface area (Å²) in [5.41, 5.74) is 3.65. The largest absolute Gasteiger partial charge is 0.271 e. The highest BCUT2D eigenvalue weighted by molar-refractivity contribution is 9.10. The van der Waals surface area contributed by atoms with Gasteiger partial charge in [0.2, 0.25) is 0 Å². The monoisotopic (exact) mass is 328 g/mol. The lowest BCUT2D eigenvalue weighted by atomic mass is 9.88. The Balaban J connectivity index is 2.07. The van der Waals surface area contributed by atoms with Crippen LogP contribution in [0.1, 0.15) is 44.1 Å². The molecule has 0 aliphatic heterocycles. The smallest absolute Gasteiger partial charge is 0.126 e. The van der Waals surface area contributed by atoms with Crippen LogP contribution < -0.4 is 11.3 Å². The van der Waals surface area contributed by atoms with E-state index in [0.717, 1.165) is 10.0 Å². The molecule has 1 aliphatic rings.